The van der Waals surface area contributed by atoms with Crippen molar-refractivity contribution in [3.63, 3.8) is 0 Å². The van der Waals surface area contributed by atoms with Gasteiger partial charge in [-0.2, -0.15) is 0 Å². The van der Waals surface area contributed by atoms with E-state index in [0.717, 1.165) is 19.3 Å². The summed E-state index contributed by atoms with van der Waals surface area (Å²) < 4.78 is 10.8. The summed E-state index contributed by atoms with van der Waals surface area (Å²) in [4.78, 5) is 29.1. The molecule has 10 nitrogen and oxygen atoms in total. The molecule has 0 saturated carbocycles. The molecule has 4 N–H and O–H groups in total. The van der Waals surface area contributed by atoms with Gasteiger partial charge in [0.05, 0.1) is 38.8 Å². The van der Waals surface area contributed by atoms with Crippen LogP contribution in [0.4, 0.5) is 0 Å². The maximum atomic E-state index is 12.9. The first-order chi connectivity index (χ1) is 24.5. The topological polar surface area (TPSA) is 140 Å². The van der Waals surface area contributed by atoms with E-state index in [1.165, 1.54) is 116 Å². The van der Waals surface area contributed by atoms with Gasteiger partial charge in [0.15, 0.2) is 0 Å². The van der Waals surface area contributed by atoms with E-state index in [-0.39, 0.29) is 46.1 Å². The predicted octanol–water partition coefficient (Wildman–Crippen LogP) is 6.42. The van der Waals surface area contributed by atoms with Crippen LogP contribution in [0.25, 0.3) is 0 Å². The molecular weight excluding hydrogens is 636 g/mol. The van der Waals surface area contributed by atoms with Crippen LogP contribution in [-0.4, -0.2) is 121 Å². The number of ether oxygens (including phenoxy) is 2. The largest absolute Gasteiger partial charge is 0.464 e. The SMILES string of the molecule is CCCCCCCCCCCCCCCCCCCCCC/C=C/C(CC(=O)OCCN(CCO)CCO)C(=O)OCCN(CCO)CCO. The van der Waals surface area contributed by atoms with Crippen molar-refractivity contribution in [2.75, 3.05) is 78.9 Å². The molecule has 296 valence electrons. The minimum Gasteiger partial charge on any atom is -0.464 e. The molecule has 0 aromatic heterocycles. The quantitative estimate of drug-likeness (QED) is 0.0321. The number of hydrogen-bond acceptors (Lipinski definition) is 10. The highest BCUT2D eigenvalue weighted by Gasteiger charge is 2.22. The average molecular weight is 715 g/mol. The molecule has 0 fully saturated rings. The Labute approximate surface area is 306 Å². The van der Waals surface area contributed by atoms with Gasteiger partial charge in [-0.15, -0.1) is 0 Å². The lowest BCUT2D eigenvalue weighted by Gasteiger charge is -2.21. The fourth-order valence-corrected chi connectivity index (χ4v) is 6.15. The van der Waals surface area contributed by atoms with Crippen LogP contribution in [0.2, 0.25) is 0 Å². The van der Waals surface area contributed by atoms with Crippen LogP contribution in [0.1, 0.15) is 148 Å². The van der Waals surface area contributed by atoms with Gasteiger partial charge in [0.1, 0.15) is 13.2 Å². The summed E-state index contributed by atoms with van der Waals surface area (Å²) in [6.45, 7) is 4.49. The number of allylic oxidation sites excluding steroid dienone is 1. The zero-order valence-corrected chi connectivity index (χ0v) is 32.1. The van der Waals surface area contributed by atoms with E-state index in [4.69, 9.17) is 19.7 Å². The van der Waals surface area contributed by atoms with Gasteiger partial charge in [-0.25, -0.2) is 0 Å². The molecule has 0 aliphatic heterocycles. The van der Waals surface area contributed by atoms with Crippen molar-refractivity contribution < 1.29 is 39.5 Å². The molecule has 0 spiro atoms. The van der Waals surface area contributed by atoms with E-state index < -0.39 is 17.9 Å². The first-order valence-corrected chi connectivity index (χ1v) is 20.4. The van der Waals surface area contributed by atoms with Gasteiger partial charge in [-0.1, -0.05) is 141 Å². The van der Waals surface area contributed by atoms with Gasteiger partial charge in [-0.05, 0) is 12.8 Å². The molecule has 0 aliphatic rings. The van der Waals surface area contributed by atoms with Gasteiger partial charge in [0.25, 0.3) is 0 Å². The smallest absolute Gasteiger partial charge is 0.313 e. The molecule has 1 unspecified atom stereocenters. The molecule has 0 aliphatic carbocycles. The van der Waals surface area contributed by atoms with Crippen molar-refractivity contribution in [3.8, 4) is 0 Å². The van der Waals surface area contributed by atoms with Crippen molar-refractivity contribution in [2.45, 2.75) is 148 Å². The maximum absolute atomic E-state index is 12.9. The Morgan fingerprint density at radius 2 is 0.880 bits per heavy atom. The van der Waals surface area contributed by atoms with Crippen LogP contribution in [-0.2, 0) is 19.1 Å². The summed E-state index contributed by atoms with van der Waals surface area (Å²) in [7, 11) is 0. The molecule has 50 heavy (non-hydrogen) atoms. The van der Waals surface area contributed by atoms with Crippen LogP contribution < -0.4 is 0 Å². The minimum absolute atomic E-state index is 0.0553. The lowest BCUT2D eigenvalue weighted by Crippen LogP contribution is -2.34. The molecule has 10 heteroatoms. The molecule has 1 atom stereocenters. The van der Waals surface area contributed by atoms with Gasteiger partial charge < -0.3 is 29.9 Å². The fraction of sp³-hybridized carbons (Fsp3) is 0.900. The summed E-state index contributed by atoms with van der Waals surface area (Å²) >= 11 is 0. The van der Waals surface area contributed by atoms with Crippen LogP contribution in [0.5, 0.6) is 0 Å². The van der Waals surface area contributed by atoms with Crippen molar-refractivity contribution in [3.05, 3.63) is 12.2 Å². The van der Waals surface area contributed by atoms with Gasteiger partial charge in [-0.3, -0.25) is 19.4 Å². The number of unbranched alkanes of at least 4 members (excludes halogenated alkanes) is 20. The second kappa shape index (κ2) is 38.7. The lowest BCUT2D eigenvalue weighted by molar-refractivity contribution is -0.154. The highest BCUT2D eigenvalue weighted by Crippen LogP contribution is 2.16. The van der Waals surface area contributed by atoms with Crippen molar-refractivity contribution in [1.29, 1.82) is 0 Å². The highest BCUT2D eigenvalue weighted by molar-refractivity contribution is 5.81. The first-order valence-electron chi connectivity index (χ1n) is 20.4. The molecule has 0 heterocycles. The fourth-order valence-electron chi connectivity index (χ4n) is 6.15. The standard InChI is InChI=1S/C40H78N2O8/c1-2-3-4-5-6-7-8-9-10-11-12-13-14-15-16-17-18-19-20-21-22-23-24-38(40(48)50-36-30-42(27-33-45)28-34-46)37-39(47)49-35-29-41(25-31-43)26-32-44/h23-24,38,43-46H,2-22,25-37H2,1H3/b24-23+. The van der Waals surface area contributed by atoms with E-state index in [2.05, 4.69) is 6.92 Å². The zero-order valence-electron chi connectivity index (χ0n) is 32.1. The first kappa shape index (κ1) is 48.4. The second-order valence-electron chi connectivity index (χ2n) is 13.7. The number of nitrogens with zero attached hydrogens (tertiary/aromatic N) is 2. The zero-order chi connectivity index (χ0) is 36.8. The third-order valence-electron chi connectivity index (χ3n) is 9.27. The predicted molar refractivity (Wildman–Crippen MR) is 203 cm³/mol. The molecule has 0 amide bonds. The van der Waals surface area contributed by atoms with Crippen molar-refractivity contribution in [1.82, 2.24) is 9.80 Å². The Kier molecular flexibility index (Phi) is 37.5. The number of esters is 2. The molecule has 0 aromatic rings. The van der Waals surface area contributed by atoms with Crippen LogP contribution in [0.3, 0.4) is 0 Å². The monoisotopic (exact) mass is 715 g/mol. The Balaban J connectivity index is 4.25. The van der Waals surface area contributed by atoms with E-state index in [0.29, 0.717) is 39.3 Å². The molecular formula is C40H78N2O8. The second-order valence-corrected chi connectivity index (χ2v) is 13.7. The number of aliphatic hydroxyl groups excluding tert-OH is 4. The molecule has 0 saturated heterocycles. The Morgan fingerprint density at radius 3 is 1.26 bits per heavy atom. The van der Waals surface area contributed by atoms with Gasteiger partial charge >= 0.3 is 11.9 Å². The van der Waals surface area contributed by atoms with E-state index >= 15 is 0 Å². The van der Waals surface area contributed by atoms with Crippen LogP contribution >= 0.6 is 0 Å². The molecule has 0 aromatic carbocycles. The van der Waals surface area contributed by atoms with Crippen LogP contribution in [0.15, 0.2) is 12.2 Å². The third-order valence-corrected chi connectivity index (χ3v) is 9.27. The van der Waals surface area contributed by atoms with E-state index in [9.17, 15) is 19.8 Å². The van der Waals surface area contributed by atoms with Crippen molar-refractivity contribution in [2.24, 2.45) is 5.92 Å². The Morgan fingerprint density at radius 1 is 0.520 bits per heavy atom. The summed E-state index contributed by atoms with van der Waals surface area (Å²) in [5.74, 6) is -1.77. The van der Waals surface area contributed by atoms with E-state index in [1.54, 1.807) is 15.9 Å². The van der Waals surface area contributed by atoms with Crippen molar-refractivity contribution >= 4 is 11.9 Å². The normalized spacial score (nSPS) is 12.4. The molecule has 0 bridgehead atoms. The molecule has 0 rings (SSSR count). The Bertz CT molecular complexity index is 758. The number of carbonyl (C=O) groups excluding carboxylic acids is 2. The highest BCUT2D eigenvalue weighted by atomic mass is 16.5. The number of carbonyl (C=O) groups is 2. The lowest BCUT2D eigenvalue weighted by atomic mass is 10.0. The summed E-state index contributed by atoms with van der Waals surface area (Å²) in [5, 5.41) is 36.7. The Hall–Kier alpha value is -1.56. The van der Waals surface area contributed by atoms with Crippen LogP contribution in [0, 0.1) is 5.92 Å². The summed E-state index contributed by atoms with van der Waals surface area (Å²) in [5.41, 5.74) is 0. The third kappa shape index (κ3) is 32.4. The summed E-state index contributed by atoms with van der Waals surface area (Å²) in [6.07, 6.45) is 31.3. The molecule has 0 radical (unpaired) electrons. The average Bonchev–Trinajstić information content (AvgIpc) is 3.10. The summed E-state index contributed by atoms with van der Waals surface area (Å²) in [6, 6.07) is 0. The maximum Gasteiger partial charge on any atom is 0.313 e. The van der Waals surface area contributed by atoms with E-state index in [1.807, 2.05) is 6.08 Å². The minimum atomic E-state index is -0.761. The number of rotatable bonds is 39. The number of hydrogen-bond donors (Lipinski definition) is 4. The van der Waals surface area contributed by atoms with Gasteiger partial charge in [0, 0.05) is 39.3 Å². The number of aliphatic hydroxyl groups is 4. The van der Waals surface area contributed by atoms with Gasteiger partial charge in [0.2, 0.25) is 0 Å².